The summed E-state index contributed by atoms with van der Waals surface area (Å²) in [5.41, 5.74) is 1.04. The van der Waals surface area contributed by atoms with E-state index < -0.39 is 11.5 Å². The molecule has 7 nitrogen and oxygen atoms in total. The zero-order valence-electron chi connectivity index (χ0n) is 15.1. The Hall–Kier alpha value is -2.80. The van der Waals surface area contributed by atoms with E-state index in [1.165, 1.54) is 7.11 Å². The van der Waals surface area contributed by atoms with Crippen LogP contribution < -0.4 is 10.1 Å². The third-order valence-electron chi connectivity index (χ3n) is 4.96. The Morgan fingerprint density at radius 1 is 1.44 bits per heavy atom. The molecule has 1 atom stereocenters. The van der Waals surface area contributed by atoms with Crippen molar-refractivity contribution in [2.75, 3.05) is 12.4 Å². The molecule has 27 heavy (non-hydrogen) atoms. The van der Waals surface area contributed by atoms with Crippen molar-refractivity contribution in [3.63, 3.8) is 0 Å². The van der Waals surface area contributed by atoms with Gasteiger partial charge in [0.1, 0.15) is 11.3 Å². The number of cyclic esters (lactones) is 1. The summed E-state index contributed by atoms with van der Waals surface area (Å²) in [7, 11) is 1.49. The summed E-state index contributed by atoms with van der Waals surface area (Å²) in [6, 6.07) is 3.66. The number of pyridine rings is 1. The summed E-state index contributed by atoms with van der Waals surface area (Å²) in [6.07, 6.45) is 3.42. The van der Waals surface area contributed by atoms with Crippen LogP contribution in [0.25, 0.3) is 21.8 Å². The molecule has 0 bridgehead atoms. The van der Waals surface area contributed by atoms with Crippen LogP contribution in [0.5, 0.6) is 5.75 Å². The van der Waals surface area contributed by atoms with Crippen LogP contribution in [-0.2, 0) is 14.3 Å². The molecule has 0 radical (unpaired) electrons. The van der Waals surface area contributed by atoms with Crippen LogP contribution in [-0.4, -0.2) is 34.6 Å². The number of amides is 1. The van der Waals surface area contributed by atoms with E-state index in [4.69, 9.17) is 21.1 Å². The topological polar surface area (TPSA) is 93.3 Å². The average Bonchev–Trinajstić information content (AvgIpc) is 3.11. The lowest BCUT2D eigenvalue weighted by atomic mass is 9.90. The van der Waals surface area contributed by atoms with Crippen molar-refractivity contribution in [2.45, 2.75) is 25.9 Å². The first kappa shape index (κ1) is 17.6. The number of carbonyl (C=O) groups excluding carboxylic acids is 2. The van der Waals surface area contributed by atoms with Gasteiger partial charge in [0.2, 0.25) is 5.91 Å². The van der Waals surface area contributed by atoms with Crippen LogP contribution in [0.2, 0.25) is 5.02 Å². The number of ether oxygens (including phenoxy) is 2. The standard InChI is InChI=1S/C19H18ClN3O4/c1-19(2)11(7-14(24)27-19)18(25)23-16-15-10(6-12(20)17(16)26-3)9-4-5-21-8-13(9)22-15/h4-6,8,11,22H,7H2,1-3H3,(H,23,25)/t11-/m0/s1. The minimum atomic E-state index is -0.879. The molecular weight excluding hydrogens is 370 g/mol. The summed E-state index contributed by atoms with van der Waals surface area (Å²) in [4.78, 5) is 32.0. The van der Waals surface area contributed by atoms with Crippen molar-refractivity contribution in [2.24, 2.45) is 5.92 Å². The number of methoxy groups -OCH3 is 1. The van der Waals surface area contributed by atoms with Crippen LogP contribution in [0.1, 0.15) is 20.3 Å². The van der Waals surface area contributed by atoms with Gasteiger partial charge in [0.25, 0.3) is 0 Å². The summed E-state index contributed by atoms with van der Waals surface area (Å²) in [5.74, 6) is -0.987. The Labute approximate surface area is 160 Å². The van der Waals surface area contributed by atoms with E-state index in [2.05, 4.69) is 15.3 Å². The maximum Gasteiger partial charge on any atom is 0.307 e. The van der Waals surface area contributed by atoms with E-state index in [1.807, 2.05) is 6.07 Å². The molecule has 3 aromatic rings. The fourth-order valence-electron chi connectivity index (χ4n) is 3.59. The maximum atomic E-state index is 12.9. The Balaban J connectivity index is 1.85. The lowest BCUT2D eigenvalue weighted by Crippen LogP contribution is -2.36. The smallest absolute Gasteiger partial charge is 0.307 e. The highest BCUT2D eigenvalue weighted by Crippen LogP contribution is 2.43. The molecule has 1 aromatic carbocycles. The Bertz CT molecular complexity index is 1090. The second kappa shape index (κ2) is 6.13. The van der Waals surface area contributed by atoms with Gasteiger partial charge in [-0.25, -0.2) is 0 Å². The molecule has 0 unspecified atom stereocenters. The van der Waals surface area contributed by atoms with Crippen molar-refractivity contribution in [1.82, 2.24) is 9.97 Å². The third kappa shape index (κ3) is 2.78. The molecule has 1 aliphatic heterocycles. The highest BCUT2D eigenvalue weighted by atomic mass is 35.5. The van der Waals surface area contributed by atoms with E-state index in [0.29, 0.717) is 22.0 Å². The molecular formula is C19H18ClN3O4. The molecule has 8 heteroatoms. The van der Waals surface area contributed by atoms with Gasteiger partial charge in [-0.05, 0) is 26.0 Å². The second-order valence-electron chi connectivity index (χ2n) is 7.06. The molecule has 1 saturated heterocycles. The zero-order valence-corrected chi connectivity index (χ0v) is 15.8. The number of halogens is 1. The number of nitrogens with one attached hydrogen (secondary N) is 2. The van der Waals surface area contributed by atoms with Gasteiger partial charge in [-0.1, -0.05) is 11.6 Å². The lowest BCUT2D eigenvalue weighted by molar-refractivity contribution is -0.147. The van der Waals surface area contributed by atoms with Crippen LogP contribution in [0.15, 0.2) is 24.5 Å². The third-order valence-corrected chi connectivity index (χ3v) is 5.24. The number of hydrogen-bond donors (Lipinski definition) is 2. The first-order valence-electron chi connectivity index (χ1n) is 8.46. The molecule has 4 rings (SSSR count). The predicted octanol–water partition coefficient (Wildman–Crippen LogP) is 3.66. The van der Waals surface area contributed by atoms with Crippen LogP contribution in [0, 0.1) is 5.92 Å². The first-order chi connectivity index (χ1) is 12.8. The van der Waals surface area contributed by atoms with E-state index >= 15 is 0 Å². The monoisotopic (exact) mass is 387 g/mol. The fourth-order valence-corrected chi connectivity index (χ4v) is 3.87. The molecule has 2 aromatic heterocycles. The number of benzene rings is 1. The summed E-state index contributed by atoms with van der Waals surface area (Å²) < 4.78 is 10.7. The van der Waals surface area contributed by atoms with Gasteiger partial charge in [-0.3, -0.25) is 14.6 Å². The van der Waals surface area contributed by atoms with Gasteiger partial charge < -0.3 is 19.8 Å². The fraction of sp³-hybridized carbons (Fsp3) is 0.316. The minimum Gasteiger partial charge on any atom is -0.493 e. The second-order valence-corrected chi connectivity index (χ2v) is 7.47. The van der Waals surface area contributed by atoms with Crippen molar-refractivity contribution in [3.05, 3.63) is 29.5 Å². The van der Waals surface area contributed by atoms with Gasteiger partial charge in [0, 0.05) is 17.0 Å². The number of hydrogen-bond acceptors (Lipinski definition) is 5. The predicted molar refractivity (Wildman–Crippen MR) is 102 cm³/mol. The van der Waals surface area contributed by atoms with Gasteiger partial charge in [-0.2, -0.15) is 0 Å². The molecule has 1 aliphatic rings. The van der Waals surface area contributed by atoms with Gasteiger partial charge in [0.15, 0.2) is 5.75 Å². The lowest BCUT2D eigenvalue weighted by Gasteiger charge is -2.24. The van der Waals surface area contributed by atoms with Crippen molar-refractivity contribution >= 4 is 51.0 Å². The van der Waals surface area contributed by atoms with Crippen LogP contribution in [0.4, 0.5) is 5.69 Å². The number of anilines is 1. The first-order valence-corrected chi connectivity index (χ1v) is 8.84. The Morgan fingerprint density at radius 3 is 2.89 bits per heavy atom. The van der Waals surface area contributed by atoms with E-state index in [1.54, 1.807) is 32.3 Å². The van der Waals surface area contributed by atoms with E-state index in [-0.39, 0.29) is 18.3 Å². The number of esters is 1. The molecule has 0 spiro atoms. The number of aromatic amines is 1. The number of H-pyrrole nitrogens is 1. The van der Waals surface area contributed by atoms with Crippen LogP contribution in [0.3, 0.4) is 0 Å². The molecule has 140 valence electrons. The Morgan fingerprint density at radius 2 is 2.22 bits per heavy atom. The quantitative estimate of drug-likeness (QED) is 0.669. The molecule has 0 saturated carbocycles. The van der Waals surface area contributed by atoms with Gasteiger partial charge >= 0.3 is 5.97 Å². The SMILES string of the molecule is COc1c(Cl)cc2c([nH]c3cnccc32)c1NC(=O)[C@@H]1CC(=O)OC1(C)C. The van der Waals surface area contributed by atoms with E-state index in [0.717, 1.165) is 16.3 Å². The summed E-state index contributed by atoms with van der Waals surface area (Å²) >= 11 is 6.40. The van der Waals surface area contributed by atoms with E-state index in [9.17, 15) is 9.59 Å². The number of aromatic nitrogens is 2. The van der Waals surface area contributed by atoms with Gasteiger partial charge in [-0.15, -0.1) is 0 Å². The highest BCUT2D eigenvalue weighted by molar-refractivity contribution is 6.35. The largest absolute Gasteiger partial charge is 0.493 e. The maximum absolute atomic E-state index is 12.9. The van der Waals surface area contributed by atoms with Crippen molar-refractivity contribution in [3.8, 4) is 5.75 Å². The molecule has 2 N–H and O–H groups in total. The summed E-state index contributed by atoms with van der Waals surface area (Å²) in [6.45, 7) is 3.45. The van der Waals surface area contributed by atoms with Crippen molar-refractivity contribution < 1.29 is 19.1 Å². The number of rotatable bonds is 3. The van der Waals surface area contributed by atoms with Crippen LogP contribution >= 0.6 is 11.6 Å². The van der Waals surface area contributed by atoms with Gasteiger partial charge in [0.05, 0.1) is 41.7 Å². The molecule has 1 fully saturated rings. The Kier molecular flexibility index (Phi) is 3.99. The number of fused-ring (bicyclic) bond motifs is 3. The molecule has 0 aliphatic carbocycles. The zero-order chi connectivity index (χ0) is 19.3. The number of carbonyl (C=O) groups is 2. The molecule has 3 heterocycles. The average molecular weight is 388 g/mol. The molecule has 1 amide bonds. The normalized spacial score (nSPS) is 18.7. The highest BCUT2D eigenvalue weighted by Gasteiger charge is 2.46. The van der Waals surface area contributed by atoms with Crippen molar-refractivity contribution in [1.29, 1.82) is 0 Å². The minimum absolute atomic E-state index is 0.0292. The summed E-state index contributed by atoms with van der Waals surface area (Å²) in [5, 5.41) is 5.03. The number of nitrogens with zero attached hydrogens (tertiary/aromatic N) is 1.